The Balaban J connectivity index is 1.77. The summed E-state index contributed by atoms with van der Waals surface area (Å²) in [6.07, 6.45) is -3.31. The summed E-state index contributed by atoms with van der Waals surface area (Å²) in [6.45, 7) is -0.0406. The number of amides is 1. The second-order valence-electron chi connectivity index (χ2n) is 6.99. The van der Waals surface area contributed by atoms with E-state index in [1.165, 1.54) is 37.5 Å². The molecule has 0 unspecified atom stereocenters. The molecular weight excluding hydrogens is 452 g/mol. The highest BCUT2D eigenvalue weighted by atomic mass is 19.4. The third kappa shape index (κ3) is 6.13. The molecule has 34 heavy (non-hydrogen) atoms. The Morgan fingerprint density at radius 3 is 2.50 bits per heavy atom. The number of halogens is 4. The maximum Gasteiger partial charge on any atom is 0.416 e. The number of benzene rings is 3. The van der Waals surface area contributed by atoms with Gasteiger partial charge in [0.05, 0.1) is 12.7 Å². The lowest BCUT2D eigenvalue weighted by atomic mass is 10.1. The first-order chi connectivity index (χ1) is 16.2. The first kappa shape index (κ1) is 24.3. The second kappa shape index (κ2) is 10.5. The quantitative estimate of drug-likeness (QED) is 0.262. The maximum atomic E-state index is 13.8. The van der Waals surface area contributed by atoms with E-state index >= 15 is 0 Å². The van der Waals surface area contributed by atoms with Crippen LogP contribution < -0.4 is 14.8 Å². The molecule has 3 aromatic rings. The van der Waals surface area contributed by atoms with Crippen LogP contribution in [0.5, 0.6) is 11.5 Å². The number of anilines is 1. The first-order valence-electron chi connectivity index (χ1n) is 9.86. The van der Waals surface area contributed by atoms with E-state index in [1.54, 1.807) is 30.3 Å². The lowest BCUT2D eigenvalue weighted by molar-refractivity contribution is -0.137. The van der Waals surface area contributed by atoms with Crippen molar-refractivity contribution in [3.05, 3.63) is 94.8 Å². The number of alkyl halides is 3. The summed E-state index contributed by atoms with van der Waals surface area (Å²) >= 11 is 0. The zero-order valence-corrected chi connectivity index (χ0v) is 17.8. The molecule has 0 aliphatic carbocycles. The lowest BCUT2D eigenvalue weighted by Crippen LogP contribution is -2.14. The predicted octanol–water partition coefficient (Wildman–Crippen LogP) is 5.98. The standard InChI is InChI=1S/C25H18F4N2O3/c1-33-23-12-16(9-10-22(23)34-15-17-5-2-3-8-21(17)26)11-18(14-30)24(32)31-20-7-4-6-19(13-20)25(27,28)29/h2-13H,15H2,1H3,(H,31,32)/b18-11+. The van der Waals surface area contributed by atoms with Crippen molar-refractivity contribution in [2.24, 2.45) is 0 Å². The van der Waals surface area contributed by atoms with Gasteiger partial charge in [-0.1, -0.05) is 30.3 Å². The number of hydrogen-bond acceptors (Lipinski definition) is 4. The minimum Gasteiger partial charge on any atom is -0.493 e. The van der Waals surface area contributed by atoms with Gasteiger partial charge in [-0.05, 0) is 48.0 Å². The summed E-state index contributed by atoms with van der Waals surface area (Å²) in [5.41, 5.74) is -0.601. The summed E-state index contributed by atoms with van der Waals surface area (Å²) in [7, 11) is 1.39. The lowest BCUT2D eigenvalue weighted by Gasteiger charge is -2.12. The van der Waals surface area contributed by atoms with Crippen molar-refractivity contribution in [1.82, 2.24) is 0 Å². The normalized spacial score (nSPS) is 11.5. The van der Waals surface area contributed by atoms with Gasteiger partial charge in [0, 0.05) is 11.3 Å². The van der Waals surface area contributed by atoms with Crippen LogP contribution in [0.2, 0.25) is 0 Å². The van der Waals surface area contributed by atoms with E-state index in [0.717, 1.165) is 18.2 Å². The predicted molar refractivity (Wildman–Crippen MR) is 117 cm³/mol. The summed E-state index contributed by atoms with van der Waals surface area (Å²) < 4.78 is 63.3. The number of nitriles is 1. The number of carbonyl (C=O) groups is 1. The highest BCUT2D eigenvalue weighted by Gasteiger charge is 2.30. The minimum atomic E-state index is -4.57. The molecule has 0 saturated carbocycles. The molecule has 0 radical (unpaired) electrons. The molecule has 0 bridgehead atoms. The third-order valence-electron chi connectivity index (χ3n) is 4.65. The molecule has 0 aliphatic rings. The van der Waals surface area contributed by atoms with E-state index < -0.39 is 23.5 Å². The largest absolute Gasteiger partial charge is 0.493 e. The van der Waals surface area contributed by atoms with Crippen LogP contribution in [-0.4, -0.2) is 13.0 Å². The Morgan fingerprint density at radius 1 is 1.06 bits per heavy atom. The molecule has 1 amide bonds. The van der Waals surface area contributed by atoms with Crippen LogP contribution in [0.4, 0.5) is 23.2 Å². The fraction of sp³-hybridized carbons (Fsp3) is 0.120. The molecule has 174 valence electrons. The van der Waals surface area contributed by atoms with Crippen LogP contribution in [0.3, 0.4) is 0 Å². The Bertz CT molecular complexity index is 1260. The fourth-order valence-electron chi connectivity index (χ4n) is 2.95. The average Bonchev–Trinajstić information content (AvgIpc) is 2.82. The molecule has 5 nitrogen and oxygen atoms in total. The van der Waals surface area contributed by atoms with Gasteiger partial charge in [-0.25, -0.2) is 4.39 Å². The van der Waals surface area contributed by atoms with Gasteiger partial charge in [0.15, 0.2) is 11.5 Å². The summed E-state index contributed by atoms with van der Waals surface area (Å²) in [6, 6.07) is 16.6. The number of carbonyl (C=O) groups excluding carboxylic acids is 1. The topological polar surface area (TPSA) is 71.3 Å². The minimum absolute atomic E-state index is 0.0406. The molecule has 9 heteroatoms. The second-order valence-corrected chi connectivity index (χ2v) is 6.99. The number of methoxy groups -OCH3 is 1. The van der Waals surface area contributed by atoms with E-state index in [4.69, 9.17) is 9.47 Å². The van der Waals surface area contributed by atoms with Gasteiger partial charge in [-0.3, -0.25) is 4.79 Å². The number of nitrogens with zero attached hydrogens (tertiary/aromatic N) is 1. The molecule has 0 spiro atoms. The third-order valence-corrected chi connectivity index (χ3v) is 4.65. The van der Waals surface area contributed by atoms with Gasteiger partial charge in [0.2, 0.25) is 0 Å². The van der Waals surface area contributed by atoms with Crippen molar-refractivity contribution in [1.29, 1.82) is 5.26 Å². The Morgan fingerprint density at radius 2 is 1.82 bits per heavy atom. The van der Waals surface area contributed by atoms with Gasteiger partial charge in [-0.15, -0.1) is 0 Å². The average molecular weight is 470 g/mol. The Labute approximate surface area is 192 Å². The van der Waals surface area contributed by atoms with Crippen LogP contribution in [-0.2, 0) is 17.6 Å². The van der Waals surface area contributed by atoms with E-state index in [9.17, 15) is 27.6 Å². The van der Waals surface area contributed by atoms with Crippen molar-refractivity contribution in [2.45, 2.75) is 12.8 Å². The van der Waals surface area contributed by atoms with Crippen LogP contribution in [0.1, 0.15) is 16.7 Å². The van der Waals surface area contributed by atoms with Crippen molar-refractivity contribution in [3.8, 4) is 17.6 Å². The smallest absolute Gasteiger partial charge is 0.416 e. The van der Waals surface area contributed by atoms with E-state index in [2.05, 4.69) is 5.32 Å². The highest BCUT2D eigenvalue weighted by Crippen LogP contribution is 2.31. The van der Waals surface area contributed by atoms with Crippen LogP contribution >= 0.6 is 0 Å². The van der Waals surface area contributed by atoms with Gasteiger partial charge in [-0.2, -0.15) is 18.4 Å². The first-order valence-corrected chi connectivity index (χ1v) is 9.86. The van der Waals surface area contributed by atoms with Gasteiger partial charge < -0.3 is 14.8 Å². The van der Waals surface area contributed by atoms with Crippen molar-refractivity contribution in [3.63, 3.8) is 0 Å². The monoisotopic (exact) mass is 470 g/mol. The molecule has 3 aromatic carbocycles. The number of nitrogens with one attached hydrogen (secondary N) is 1. The molecule has 3 rings (SSSR count). The van der Waals surface area contributed by atoms with Crippen LogP contribution in [0.25, 0.3) is 6.08 Å². The van der Waals surface area contributed by atoms with Gasteiger partial charge >= 0.3 is 6.18 Å². The van der Waals surface area contributed by atoms with Crippen LogP contribution in [0, 0.1) is 17.1 Å². The summed E-state index contributed by atoms with van der Waals surface area (Å²) in [4.78, 5) is 12.4. The Hall–Kier alpha value is -4.32. The molecular formula is C25H18F4N2O3. The molecule has 0 heterocycles. The molecule has 0 atom stereocenters. The molecule has 0 aliphatic heterocycles. The molecule has 0 aromatic heterocycles. The SMILES string of the molecule is COc1cc(/C=C(\C#N)C(=O)Nc2cccc(C(F)(F)F)c2)ccc1OCc1ccccc1F. The fourth-order valence-corrected chi connectivity index (χ4v) is 2.95. The Kier molecular flexibility index (Phi) is 7.53. The molecule has 0 fully saturated rings. The number of hydrogen-bond donors (Lipinski definition) is 1. The van der Waals surface area contributed by atoms with Gasteiger partial charge in [0.1, 0.15) is 24.1 Å². The summed E-state index contributed by atoms with van der Waals surface area (Å²) in [5, 5.41) is 11.7. The van der Waals surface area contributed by atoms with Crippen LogP contribution in [0.15, 0.2) is 72.3 Å². The number of ether oxygens (including phenoxy) is 2. The zero-order chi connectivity index (χ0) is 24.7. The molecule has 0 saturated heterocycles. The van der Waals surface area contributed by atoms with E-state index in [-0.39, 0.29) is 23.6 Å². The van der Waals surface area contributed by atoms with Crippen molar-refractivity contribution in [2.75, 3.05) is 12.4 Å². The van der Waals surface area contributed by atoms with Crippen molar-refractivity contribution < 1.29 is 31.8 Å². The maximum absolute atomic E-state index is 13.8. The zero-order valence-electron chi connectivity index (χ0n) is 17.8. The van der Waals surface area contributed by atoms with E-state index in [0.29, 0.717) is 16.9 Å². The number of rotatable bonds is 7. The van der Waals surface area contributed by atoms with E-state index in [1.807, 2.05) is 0 Å². The summed E-state index contributed by atoms with van der Waals surface area (Å²) in [5.74, 6) is -0.692. The molecule has 1 N–H and O–H groups in total. The van der Waals surface area contributed by atoms with Crippen molar-refractivity contribution >= 4 is 17.7 Å². The van der Waals surface area contributed by atoms with Gasteiger partial charge in [0.25, 0.3) is 5.91 Å². The highest BCUT2D eigenvalue weighted by molar-refractivity contribution is 6.09.